The molecule has 0 spiro atoms. The molecule has 1 atom stereocenters. The maximum atomic E-state index is 9.00. The highest BCUT2D eigenvalue weighted by Gasteiger charge is 2.07. The third kappa shape index (κ3) is 4.59. The monoisotopic (exact) mass is 350 g/mol. The van der Waals surface area contributed by atoms with Crippen LogP contribution in [0, 0.1) is 0 Å². The van der Waals surface area contributed by atoms with Crippen molar-refractivity contribution in [2.45, 2.75) is 38.6 Å². The van der Waals surface area contributed by atoms with Gasteiger partial charge in [0, 0.05) is 18.0 Å². The average Bonchev–Trinajstić information content (AvgIpc) is 3.15. The molecule has 0 unspecified atom stereocenters. The van der Waals surface area contributed by atoms with Crippen LogP contribution in [0.15, 0.2) is 59.2 Å². The Balaban J connectivity index is 1.67. The molecule has 1 heterocycles. The van der Waals surface area contributed by atoms with E-state index in [-0.39, 0.29) is 12.6 Å². The predicted molar refractivity (Wildman–Crippen MR) is 105 cm³/mol. The first kappa shape index (κ1) is 18.4. The number of benzene rings is 2. The molecular weight excluding hydrogens is 324 g/mol. The number of nitrogens with zero attached hydrogens (tertiary/aromatic N) is 1. The minimum Gasteiger partial charge on any atom is -0.448 e. The van der Waals surface area contributed by atoms with Gasteiger partial charge < -0.3 is 15.3 Å². The van der Waals surface area contributed by atoms with Crippen molar-refractivity contribution in [1.82, 2.24) is 4.98 Å². The molecule has 3 aromatic rings. The fourth-order valence-electron chi connectivity index (χ4n) is 2.91. The number of hydrogen-bond donors (Lipinski definition) is 2. The van der Waals surface area contributed by atoms with Gasteiger partial charge in [-0.1, -0.05) is 55.5 Å². The van der Waals surface area contributed by atoms with Crippen molar-refractivity contribution in [3.8, 4) is 22.4 Å². The minimum absolute atomic E-state index is 0.0376. The molecule has 3 rings (SSSR count). The van der Waals surface area contributed by atoms with Gasteiger partial charge in [0.1, 0.15) is 12.0 Å². The van der Waals surface area contributed by atoms with Crippen LogP contribution in [0.3, 0.4) is 0 Å². The first-order chi connectivity index (χ1) is 12.7. The zero-order valence-corrected chi connectivity index (χ0v) is 15.2. The van der Waals surface area contributed by atoms with E-state index in [0.717, 1.165) is 42.8 Å². The van der Waals surface area contributed by atoms with Crippen LogP contribution in [0.2, 0.25) is 0 Å². The van der Waals surface area contributed by atoms with Crippen LogP contribution in [-0.2, 0) is 12.8 Å². The van der Waals surface area contributed by atoms with Crippen LogP contribution in [0.5, 0.6) is 0 Å². The first-order valence-corrected chi connectivity index (χ1v) is 9.20. The van der Waals surface area contributed by atoms with Crippen LogP contribution in [0.25, 0.3) is 22.4 Å². The van der Waals surface area contributed by atoms with Gasteiger partial charge in [-0.25, -0.2) is 4.98 Å². The van der Waals surface area contributed by atoms with E-state index in [4.69, 9.17) is 15.3 Å². The van der Waals surface area contributed by atoms with Crippen LogP contribution in [-0.4, -0.2) is 22.7 Å². The van der Waals surface area contributed by atoms with Gasteiger partial charge >= 0.3 is 0 Å². The number of rotatable bonds is 8. The van der Waals surface area contributed by atoms with Gasteiger partial charge in [-0.15, -0.1) is 0 Å². The number of hydrogen-bond acceptors (Lipinski definition) is 4. The number of aromatic nitrogens is 1. The summed E-state index contributed by atoms with van der Waals surface area (Å²) in [6, 6.07) is 16.8. The highest BCUT2D eigenvalue weighted by molar-refractivity contribution is 5.68. The van der Waals surface area contributed by atoms with Crippen molar-refractivity contribution in [2.75, 3.05) is 6.61 Å². The van der Waals surface area contributed by atoms with E-state index in [1.54, 1.807) is 6.26 Å². The molecule has 3 N–H and O–H groups in total. The molecule has 136 valence electrons. The van der Waals surface area contributed by atoms with Gasteiger partial charge in [0.15, 0.2) is 5.89 Å². The molecule has 4 nitrogen and oxygen atoms in total. The lowest BCUT2D eigenvalue weighted by Gasteiger charge is -2.08. The summed E-state index contributed by atoms with van der Waals surface area (Å²) in [5.74, 6) is 0.795. The lowest BCUT2D eigenvalue weighted by Crippen LogP contribution is -2.24. The lowest BCUT2D eigenvalue weighted by molar-refractivity contribution is 0.260. The van der Waals surface area contributed by atoms with E-state index in [0.29, 0.717) is 0 Å². The fraction of sp³-hybridized carbons (Fsp3) is 0.318. The average molecular weight is 350 g/mol. The van der Waals surface area contributed by atoms with Gasteiger partial charge in [0.05, 0.1) is 6.61 Å². The highest BCUT2D eigenvalue weighted by Crippen LogP contribution is 2.25. The summed E-state index contributed by atoms with van der Waals surface area (Å²) in [5.41, 5.74) is 11.3. The molecule has 0 aliphatic carbocycles. The van der Waals surface area contributed by atoms with E-state index >= 15 is 0 Å². The Morgan fingerprint density at radius 2 is 1.58 bits per heavy atom. The summed E-state index contributed by atoms with van der Waals surface area (Å²) >= 11 is 0. The van der Waals surface area contributed by atoms with Crippen molar-refractivity contribution in [1.29, 1.82) is 0 Å². The van der Waals surface area contributed by atoms with Gasteiger partial charge in [0.25, 0.3) is 0 Å². The smallest absolute Gasteiger partial charge is 0.194 e. The molecule has 0 aliphatic heterocycles. The Hall–Kier alpha value is -2.43. The second-order valence-electron chi connectivity index (χ2n) is 6.63. The maximum absolute atomic E-state index is 9.00. The Bertz CT molecular complexity index is 807. The normalized spacial score (nSPS) is 12.3. The van der Waals surface area contributed by atoms with E-state index in [2.05, 4.69) is 60.4 Å². The molecule has 0 saturated heterocycles. The molecule has 0 amide bonds. The molecule has 0 saturated carbocycles. The van der Waals surface area contributed by atoms with Crippen LogP contribution >= 0.6 is 0 Å². The van der Waals surface area contributed by atoms with Crippen molar-refractivity contribution >= 4 is 0 Å². The Morgan fingerprint density at radius 3 is 2.19 bits per heavy atom. The Kier molecular flexibility index (Phi) is 6.21. The number of aliphatic hydroxyl groups excluding tert-OH is 1. The van der Waals surface area contributed by atoms with E-state index in [1.807, 2.05) is 0 Å². The summed E-state index contributed by atoms with van der Waals surface area (Å²) in [6.07, 6.45) is 5.30. The third-order valence-corrected chi connectivity index (χ3v) is 4.52. The summed E-state index contributed by atoms with van der Waals surface area (Å²) in [5, 5.41) is 9.00. The molecular formula is C22H26N2O2. The van der Waals surface area contributed by atoms with Gasteiger partial charge in [-0.3, -0.25) is 0 Å². The Labute approximate surface area is 154 Å². The molecule has 2 aromatic carbocycles. The van der Waals surface area contributed by atoms with Crippen LogP contribution < -0.4 is 5.73 Å². The third-order valence-electron chi connectivity index (χ3n) is 4.52. The second-order valence-corrected chi connectivity index (χ2v) is 6.63. The summed E-state index contributed by atoms with van der Waals surface area (Å²) in [7, 11) is 0. The zero-order chi connectivity index (χ0) is 18.4. The number of aryl methyl sites for hydroxylation is 2. The highest BCUT2D eigenvalue weighted by atomic mass is 16.3. The molecule has 0 aliphatic rings. The Morgan fingerprint density at radius 1 is 0.962 bits per heavy atom. The van der Waals surface area contributed by atoms with Crippen molar-refractivity contribution in [3.05, 3.63) is 66.2 Å². The zero-order valence-electron chi connectivity index (χ0n) is 15.2. The predicted octanol–water partition coefficient (Wildman–Crippen LogP) is 4.21. The SMILES string of the molecule is CCCc1nc(-c2ccc(-c3ccc(CC[C@@H](N)CO)cc3)cc2)co1. The fourth-order valence-corrected chi connectivity index (χ4v) is 2.91. The second kappa shape index (κ2) is 8.79. The molecule has 4 heteroatoms. The van der Waals surface area contributed by atoms with Crippen LogP contribution in [0.4, 0.5) is 0 Å². The van der Waals surface area contributed by atoms with Crippen molar-refractivity contribution in [3.63, 3.8) is 0 Å². The topological polar surface area (TPSA) is 72.3 Å². The number of aliphatic hydroxyl groups is 1. The number of oxazole rings is 1. The van der Waals surface area contributed by atoms with Crippen LogP contribution in [0.1, 0.15) is 31.2 Å². The first-order valence-electron chi connectivity index (χ1n) is 9.20. The van der Waals surface area contributed by atoms with Crippen molar-refractivity contribution < 1.29 is 9.52 Å². The van der Waals surface area contributed by atoms with Crippen molar-refractivity contribution in [2.24, 2.45) is 5.73 Å². The molecule has 26 heavy (non-hydrogen) atoms. The van der Waals surface area contributed by atoms with E-state index < -0.39 is 0 Å². The number of nitrogens with two attached hydrogens (primary N) is 1. The summed E-state index contributed by atoms with van der Waals surface area (Å²) in [4.78, 5) is 4.53. The molecule has 0 radical (unpaired) electrons. The van der Waals surface area contributed by atoms with Gasteiger partial charge in [-0.05, 0) is 36.0 Å². The quantitative estimate of drug-likeness (QED) is 0.638. The minimum atomic E-state index is -0.142. The maximum Gasteiger partial charge on any atom is 0.194 e. The van der Waals surface area contributed by atoms with E-state index in [9.17, 15) is 0 Å². The summed E-state index contributed by atoms with van der Waals surface area (Å²) < 4.78 is 5.50. The van der Waals surface area contributed by atoms with Gasteiger partial charge in [-0.2, -0.15) is 0 Å². The standard InChI is InChI=1S/C22H26N2O2/c1-2-3-22-24-21(15-26-22)19-11-9-18(10-12-19)17-7-4-16(5-8-17)6-13-20(23)14-25/h4-5,7-12,15,20,25H,2-3,6,13-14,23H2,1H3/t20-/m1/s1. The van der Waals surface area contributed by atoms with Gasteiger partial charge in [0.2, 0.25) is 0 Å². The molecule has 0 fully saturated rings. The van der Waals surface area contributed by atoms with E-state index in [1.165, 1.54) is 16.7 Å². The summed E-state index contributed by atoms with van der Waals surface area (Å²) in [6.45, 7) is 2.15. The molecule has 0 bridgehead atoms. The lowest BCUT2D eigenvalue weighted by atomic mass is 10.00. The molecule has 1 aromatic heterocycles. The largest absolute Gasteiger partial charge is 0.448 e.